The molecule has 4 heteroatoms. The Labute approximate surface area is 133 Å². The summed E-state index contributed by atoms with van der Waals surface area (Å²) in [5, 5.41) is 0. The van der Waals surface area contributed by atoms with Gasteiger partial charge in [-0.15, -0.1) is 0 Å². The second-order valence-corrected chi connectivity index (χ2v) is 7.89. The number of rotatable bonds is 4. The van der Waals surface area contributed by atoms with Crippen LogP contribution in [-0.2, 0) is 4.74 Å². The Morgan fingerprint density at radius 3 is 2.14 bits per heavy atom. The van der Waals surface area contributed by atoms with E-state index in [0.29, 0.717) is 36.7 Å². The fraction of sp³-hybridized carbons (Fsp3) is 1.00. The Bertz CT molecular complexity index is 332. The zero-order valence-electron chi connectivity index (χ0n) is 14.2. The van der Waals surface area contributed by atoms with E-state index in [1.165, 1.54) is 0 Å². The highest BCUT2D eigenvalue weighted by Gasteiger charge is 2.42. The fourth-order valence-corrected chi connectivity index (χ4v) is 4.30. The van der Waals surface area contributed by atoms with Gasteiger partial charge in [-0.3, -0.25) is 0 Å². The monoisotopic (exact) mass is 320 g/mol. The maximum Gasteiger partial charge on any atom is 0.391 e. The van der Waals surface area contributed by atoms with Crippen LogP contribution in [0.25, 0.3) is 0 Å². The van der Waals surface area contributed by atoms with Gasteiger partial charge < -0.3 is 4.74 Å². The maximum atomic E-state index is 12.7. The van der Waals surface area contributed by atoms with Crippen molar-refractivity contribution < 1.29 is 17.9 Å². The molecule has 3 atom stereocenters. The van der Waals surface area contributed by atoms with Crippen molar-refractivity contribution >= 4 is 0 Å². The van der Waals surface area contributed by atoms with Crippen LogP contribution >= 0.6 is 0 Å². The minimum Gasteiger partial charge on any atom is -0.378 e. The molecule has 0 aromatic carbocycles. The van der Waals surface area contributed by atoms with E-state index < -0.39 is 12.1 Å². The quantitative estimate of drug-likeness (QED) is 0.633. The average molecular weight is 320 g/mol. The van der Waals surface area contributed by atoms with Gasteiger partial charge in [-0.05, 0) is 68.6 Å². The molecule has 1 heterocycles. The highest BCUT2D eigenvalue weighted by atomic mass is 19.4. The van der Waals surface area contributed by atoms with Gasteiger partial charge in [0.25, 0.3) is 0 Å². The lowest BCUT2D eigenvalue weighted by atomic mass is 9.73. The molecule has 2 rings (SSSR count). The number of alkyl halides is 3. The molecule has 2 aliphatic rings. The van der Waals surface area contributed by atoms with Crippen LogP contribution in [0.2, 0.25) is 0 Å². The lowest BCUT2D eigenvalue weighted by Gasteiger charge is -2.37. The smallest absolute Gasteiger partial charge is 0.378 e. The molecule has 0 aromatic rings. The van der Waals surface area contributed by atoms with E-state index in [2.05, 4.69) is 20.8 Å². The van der Waals surface area contributed by atoms with Crippen molar-refractivity contribution in [2.75, 3.05) is 6.61 Å². The summed E-state index contributed by atoms with van der Waals surface area (Å²) in [5.41, 5.74) is 0. The summed E-state index contributed by atoms with van der Waals surface area (Å²) in [6, 6.07) is 0. The molecule has 0 spiro atoms. The molecule has 1 nitrogen and oxygen atoms in total. The third-order valence-corrected chi connectivity index (χ3v) is 6.02. The molecule has 1 aliphatic heterocycles. The van der Waals surface area contributed by atoms with Crippen molar-refractivity contribution in [3.63, 3.8) is 0 Å². The van der Waals surface area contributed by atoms with E-state index in [4.69, 9.17) is 4.74 Å². The third kappa shape index (κ3) is 4.87. The molecule has 0 N–H and O–H groups in total. The second-order valence-electron chi connectivity index (χ2n) is 7.89. The first kappa shape index (κ1) is 18.1. The van der Waals surface area contributed by atoms with Gasteiger partial charge >= 0.3 is 6.18 Å². The largest absolute Gasteiger partial charge is 0.391 e. The molecule has 2 fully saturated rings. The third-order valence-electron chi connectivity index (χ3n) is 6.02. The minimum atomic E-state index is -3.99. The normalized spacial score (nSPS) is 35.6. The lowest BCUT2D eigenvalue weighted by molar-refractivity contribution is -0.185. The number of ether oxygens (including phenoxy) is 1. The molecular weight excluding hydrogens is 289 g/mol. The van der Waals surface area contributed by atoms with Gasteiger partial charge in [-0.1, -0.05) is 20.8 Å². The molecule has 22 heavy (non-hydrogen) atoms. The molecule has 0 amide bonds. The van der Waals surface area contributed by atoms with Crippen molar-refractivity contribution in [2.24, 2.45) is 29.6 Å². The van der Waals surface area contributed by atoms with Crippen molar-refractivity contribution in [1.82, 2.24) is 0 Å². The first-order valence-corrected chi connectivity index (χ1v) is 8.95. The number of hydrogen-bond donors (Lipinski definition) is 0. The van der Waals surface area contributed by atoms with Crippen molar-refractivity contribution in [2.45, 2.75) is 78.0 Å². The van der Waals surface area contributed by atoms with Crippen LogP contribution in [0.5, 0.6) is 0 Å². The van der Waals surface area contributed by atoms with Gasteiger partial charge in [-0.25, -0.2) is 0 Å². The first-order chi connectivity index (χ1) is 10.3. The van der Waals surface area contributed by atoms with Gasteiger partial charge in [0.15, 0.2) is 0 Å². The zero-order chi connectivity index (χ0) is 16.3. The molecule has 3 unspecified atom stereocenters. The van der Waals surface area contributed by atoms with E-state index in [0.717, 1.165) is 44.6 Å². The predicted molar refractivity (Wildman–Crippen MR) is 82.6 cm³/mol. The maximum absolute atomic E-state index is 12.7. The summed E-state index contributed by atoms with van der Waals surface area (Å²) in [6.07, 6.45) is 1.71. The van der Waals surface area contributed by atoms with Gasteiger partial charge in [0.2, 0.25) is 0 Å². The summed E-state index contributed by atoms with van der Waals surface area (Å²) in [7, 11) is 0. The van der Waals surface area contributed by atoms with Crippen LogP contribution in [0, 0.1) is 29.6 Å². The molecule has 0 aromatic heterocycles. The molecule has 0 bridgehead atoms. The first-order valence-electron chi connectivity index (χ1n) is 8.95. The predicted octanol–water partition coefficient (Wildman–Crippen LogP) is 5.83. The Morgan fingerprint density at radius 1 is 0.955 bits per heavy atom. The summed E-state index contributed by atoms with van der Waals surface area (Å²) in [6.45, 7) is 7.60. The van der Waals surface area contributed by atoms with Crippen LogP contribution in [0.15, 0.2) is 0 Å². The molecule has 0 radical (unpaired) electrons. The van der Waals surface area contributed by atoms with Gasteiger partial charge in [-0.2, -0.15) is 13.2 Å². The Kier molecular flexibility index (Phi) is 6.21. The van der Waals surface area contributed by atoms with E-state index in [9.17, 15) is 13.2 Å². The van der Waals surface area contributed by atoms with Gasteiger partial charge in [0, 0.05) is 6.61 Å². The van der Waals surface area contributed by atoms with Crippen LogP contribution < -0.4 is 0 Å². The molecule has 1 saturated heterocycles. The van der Waals surface area contributed by atoms with E-state index in [-0.39, 0.29) is 0 Å². The van der Waals surface area contributed by atoms with Crippen LogP contribution in [0.1, 0.15) is 65.7 Å². The molecule has 130 valence electrons. The van der Waals surface area contributed by atoms with Crippen LogP contribution in [0.4, 0.5) is 13.2 Å². The SMILES string of the molecule is CC(C)C1CCOC(CC(C)[C@H]2CC[C@H](C(F)(F)F)CC2)C1. The molecular formula is C18H31F3O. The van der Waals surface area contributed by atoms with E-state index in [1.807, 2.05) is 0 Å². The van der Waals surface area contributed by atoms with E-state index in [1.54, 1.807) is 0 Å². The summed E-state index contributed by atoms with van der Waals surface area (Å²) < 4.78 is 44.1. The second kappa shape index (κ2) is 7.55. The van der Waals surface area contributed by atoms with Crippen molar-refractivity contribution in [3.8, 4) is 0 Å². The van der Waals surface area contributed by atoms with E-state index >= 15 is 0 Å². The summed E-state index contributed by atoms with van der Waals surface area (Å²) >= 11 is 0. The molecule has 1 saturated carbocycles. The number of hydrogen-bond acceptors (Lipinski definition) is 1. The number of halogens is 3. The Hall–Kier alpha value is -0.250. The minimum absolute atomic E-state index is 0.316. The molecule has 1 aliphatic carbocycles. The lowest BCUT2D eigenvalue weighted by Crippen LogP contribution is -2.33. The Balaban J connectivity index is 1.77. The Morgan fingerprint density at radius 2 is 1.59 bits per heavy atom. The zero-order valence-corrected chi connectivity index (χ0v) is 14.2. The topological polar surface area (TPSA) is 9.23 Å². The average Bonchev–Trinajstić information content (AvgIpc) is 2.46. The van der Waals surface area contributed by atoms with Crippen LogP contribution in [-0.4, -0.2) is 18.9 Å². The summed E-state index contributed by atoms with van der Waals surface area (Å²) in [5.74, 6) is 1.30. The van der Waals surface area contributed by atoms with Crippen LogP contribution in [0.3, 0.4) is 0 Å². The summed E-state index contributed by atoms with van der Waals surface area (Å²) in [4.78, 5) is 0. The van der Waals surface area contributed by atoms with Gasteiger partial charge in [0.05, 0.1) is 12.0 Å². The highest BCUT2D eigenvalue weighted by molar-refractivity contribution is 4.82. The van der Waals surface area contributed by atoms with Crippen molar-refractivity contribution in [1.29, 1.82) is 0 Å². The van der Waals surface area contributed by atoms with Crippen molar-refractivity contribution in [3.05, 3.63) is 0 Å². The fourth-order valence-electron chi connectivity index (χ4n) is 4.30. The standard InChI is InChI=1S/C18H31F3O/c1-12(2)15-8-9-22-17(11-15)10-13(3)14-4-6-16(7-5-14)18(19,20)21/h12-17H,4-11H2,1-3H3/t13?,14-,15?,16-,17?. The van der Waals surface area contributed by atoms with Gasteiger partial charge in [0.1, 0.15) is 0 Å². The highest BCUT2D eigenvalue weighted by Crippen LogP contribution is 2.43.